The molecule has 0 unspecified atom stereocenters. The van der Waals surface area contributed by atoms with E-state index >= 15 is 0 Å². The van der Waals surface area contributed by atoms with E-state index < -0.39 is 0 Å². The van der Waals surface area contributed by atoms with E-state index in [1.165, 1.54) is 0 Å². The summed E-state index contributed by atoms with van der Waals surface area (Å²) in [6.07, 6.45) is 0. The number of nitrogens with zero attached hydrogens (tertiary/aromatic N) is 3. The maximum atomic E-state index is 11.8. The second-order valence-electron chi connectivity index (χ2n) is 3.31. The van der Waals surface area contributed by atoms with Gasteiger partial charge in [-0.05, 0) is 18.2 Å². The van der Waals surface area contributed by atoms with Crippen LogP contribution in [0.25, 0.3) is 0 Å². The first-order valence-corrected chi connectivity index (χ1v) is 5.87. The molecule has 0 aliphatic rings. The van der Waals surface area contributed by atoms with Crippen LogP contribution in [0.5, 0.6) is 0 Å². The summed E-state index contributed by atoms with van der Waals surface area (Å²) in [7, 11) is 1.71. The van der Waals surface area contributed by atoms with Gasteiger partial charge in [-0.15, -0.1) is 10.2 Å². The maximum absolute atomic E-state index is 11.8. The minimum absolute atomic E-state index is 0.265. The number of nitriles is 1. The number of amides is 1. The molecule has 0 fully saturated rings. The molecular formula is C11H9N5OS. The van der Waals surface area contributed by atoms with Crippen LogP contribution in [0.2, 0.25) is 0 Å². The lowest BCUT2D eigenvalue weighted by Crippen LogP contribution is -2.11. The standard InChI is InChI=1S/C11H9N5OS/c1-13-11-16-15-10(18-11)9(17)14-8-4-2-3-7(5-8)6-12/h2-5H,1H3,(H,13,16)(H,14,17). The van der Waals surface area contributed by atoms with E-state index in [1.54, 1.807) is 31.3 Å². The molecule has 0 aliphatic heterocycles. The summed E-state index contributed by atoms with van der Waals surface area (Å²) >= 11 is 1.16. The summed E-state index contributed by atoms with van der Waals surface area (Å²) in [5, 5.41) is 22.6. The van der Waals surface area contributed by atoms with E-state index in [4.69, 9.17) is 5.26 Å². The number of rotatable bonds is 3. The Bertz CT molecular complexity index is 616. The highest BCUT2D eigenvalue weighted by Crippen LogP contribution is 2.16. The van der Waals surface area contributed by atoms with Gasteiger partial charge in [0.1, 0.15) is 0 Å². The zero-order valence-electron chi connectivity index (χ0n) is 9.47. The second kappa shape index (κ2) is 5.25. The summed E-state index contributed by atoms with van der Waals surface area (Å²) < 4.78 is 0. The van der Waals surface area contributed by atoms with Gasteiger partial charge in [0.15, 0.2) is 0 Å². The third kappa shape index (κ3) is 2.61. The van der Waals surface area contributed by atoms with E-state index in [0.29, 0.717) is 16.4 Å². The van der Waals surface area contributed by atoms with Crippen LogP contribution in [0.4, 0.5) is 10.8 Å². The number of hydrogen-bond acceptors (Lipinski definition) is 6. The van der Waals surface area contributed by atoms with Crippen molar-refractivity contribution in [1.82, 2.24) is 10.2 Å². The molecule has 1 heterocycles. The zero-order valence-corrected chi connectivity index (χ0v) is 10.3. The largest absolute Gasteiger partial charge is 0.363 e. The normalized spacial score (nSPS) is 9.56. The maximum Gasteiger partial charge on any atom is 0.286 e. The highest BCUT2D eigenvalue weighted by molar-refractivity contribution is 7.17. The molecule has 2 rings (SSSR count). The van der Waals surface area contributed by atoms with Crippen LogP contribution in [-0.4, -0.2) is 23.2 Å². The van der Waals surface area contributed by atoms with Crippen LogP contribution in [0.3, 0.4) is 0 Å². The summed E-state index contributed by atoms with van der Waals surface area (Å²) in [5.41, 5.74) is 1.04. The van der Waals surface area contributed by atoms with Gasteiger partial charge in [0.2, 0.25) is 10.1 Å². The summed E-state index contributed by atoms with van der Waals surface area (Å²) in [6, 6.07) is 8.68. The van der Waals surface area contributed by atoms with Gasteiger partial charge in [0, 0.05) is 12.7 Å². The lowest BCUT2D eigenvalue weighted by Gasteiger charge is -2.02. The van der Waals surface area contributed by atoms with E-state index in [0.717, 1.165) is 11.3 Å². The van der Waals surface area contributed by atoms with Crippen LogP contribution >= 0.6 is 11.3 Å². The fraction of sp³-hybridized carbons (Fsp3) is 0.0909. The molecule has 2 aromatic rings. The van der Waals surface area contributed by atoms with Crippen LogP contribution in [0.1, 0.15) is 15.4 Å². The molecule has 0 spiro atoms. The Morgan fingerprint density at radius 2 is 2.28 bits per heavy atom. The summed E-state index contributed by atoms with van der Waals surface area (Å²) in [5.74, 6) is -0.343. The fourth-order valence-electron chi connectivity index (χ4n) is 1.27. The summed E-state index contributed by atoms with van der Waals surface area (Å²) in [6.45, 7) is 0. The average Bonchev–Trinajstić information content (AvgIpc) is 2.88. The Morgan fingerprint density at radius 3 is 2.94 bits per heavy atom. The van der Waals surface area contributed by atoms with Crippen molar-refractivity contribution in [2.75, 3.05) is 17.7 Å². The number of carbonyl (C=O) groups is 1. The van der Waals surface area contributed by atoms with E-state index in [1.807, 2.05) is 6.07 Å². The average molecular weight is 259 g/mol. The quantitative estimate of drug-likeness (QED) is 0.875. The minimum Gasteiger partial charge on any atom is -0.363 e. The number of benzene rings is 1. The topological polar surface area (TPSA) is 90.7 Å². The lowest BCUT2D eigenvalue weighted by atomic mass is 10.2. The first kappa shape index (κ1) is 12.0. The molecule has 1 aromatic heterocycles. The van der Waals surface area contributed by atoms with Gasteiger partial charge in [-0.1, -0.05) is 17.4 Å². The van der Waals surface area contributed by atoms with E-state index in [2.05, 4.69) is 20.8 Å². The predicted molar refractivity (Wildman–Crippen MR) is 68.6 cm³/mol. The predicted octanol–water partition coefficient (Wildman–Crippen LogP) is 1.70. The molecular weight excluding hydrogens is 250 g/mol. The van der Waals surface area contributed by atoms with Crippen molar-refractivity contribution in [3.63, 3.8) is 0 Å². The fourth-order valence-corrected chi connectivity index (χ4v) is 1.86. The molecule has 0 aliphatic carbocycles. The third-order valence-corrected chi connectivity index (χ3v) is 3.02. The van der Waals surface area contributed by atoms with Crippen molar-refractivity contribution < 1.29 is 4.79 Å². The molecule has 90 valence electrons. The SMILES string of the molecule is CNc1nnc(C(=O)Nc2cccc(C#N)c2)s1. The molecule has 2 N–H and O–H groups in total. The van der Waals surface area contributed by atoms with Gasteiger partial charge in [-0.25, -0.2) is 0 Å². The van der Waals surface area contributed by atoms with Gasteiger partial charge in [-0.2, -0.15) is 5.26 Å². The molecule has 7 heteroatoms. The third-order valence-electron chi connectivity index (χ3n) is 2.08. The number of anilines is 2. The molecule has 6 nitrogen and oxygen atoms in total. The molecule has 0 saturated carbocycles. The van der Waals surface area contributed by atoms with Gasteiger partial charge in [0.05, 0.1) is 11.6 Å². The van der Waals surface area contributed by atoms with Gasteiger partial charge in [-0.3, -0.25) is 4.79 Å². The monoisotopic (exact) mass is 259 g/mol. The van der Waals surface area contributed by atoms with Crippen LogP contribution in [0.15, 0.2) is 24.3 Å². The molecule has 18 heavy (non-hydrogen) atoms. The summed E-state index contributed by atoms with van der Waals surface area (Å²) in [4.78, 5) is 11.8. The lowest BCUT2D eigenvalue weighted by molar-refractivity contribution is 0.102. The number of aromatic nitrogens is 2. The molecule has 0 radical (unpaired) electrons. The highest BCUT2D eigenvalue weighted by Gasteiger charge is 2.12. The smallest absolute Gasteiger partial charge is 0.286 e. The number of nitrogens with one attached hydrogen (secondary N) is 2. The minimum atomic E-state index is -0.343. The molecule has 0 bridgehead atoms. The molecule has 0 saturated heterocycles. The van der Waals surface area contributed by atoms with Crippen molar-refractivity contribution in [2.24, 2.45) is 0 Å². The van der Waals surface area contributed by atoms with Crippen molar-refractivity contribution in [3.8, 4) is 6.07 Å². The Labute approximate surface area is 107 Å². The van der Waals surface area contributed by atoms with Gasteiger partial charge >= 0.3 is 0 Å². The Balaban J connectivity index is 2.13. The van der Waals surface area contributed by atoms with E-state index in [9.17, 15) is 4.79 Å². The molecule has 0 atom stereocenters. The number of carbonyl (C=O) groups excluding carboxylic acids is 1. The first-order chi connectivity index (χ1) is 8.72. The zero-order chi connectivity index (χ0) is 13.0. The Kier molecular flexibility index (Phi) is 3.50. The molecule has 1 amide bonds. The van der Waals surface area contributed by atoms with Crippen molar-refractivity contribution in [2.45, 2.75) is 0 Å². The van der Waals surface area contributed by atoms with Crippen molar-refractivity contribution >= 4 is 28.1 Å². The van der Waals surface area contributed by atoms with Crippen molar-refractivity contribution in [3.05, 3.63) is 34.8 Å². The Hall–Kier alpha value is -2.46. The second-order valence-corrected chi connectivity index (χ2v) is 4.29. The van der Waals surface area contributed by atoms with E-state index in [-0.39, 0.29) is 10.9 Å². The van der Waals surface area contributed by atoms with Crippen LogP contribution < -0.4 is 10.6 Å². The van der Waals surface area contributed by atoms with Crippen LogP contribution in [0, 0.1) is 11.3 Å². The van der Waals surface area contributed by atoms with Gasteiger partial charge in [0.25, 0.3) is 5.91 Å². The first-order valence-electron chi connectivity index (χ1n) is 5.05. The molecule has 1 aromatic carbocycles. The van der Waals surface area contributed by atoms with Crippen LogP contribution in [-0.2, 0) is 0 Å². The van der Waals surface area contributed by atoms with Crippen molar-refractivity contribution in [1.29, 1.82) is 5.26 Å². The highest BCUT2D eigenvalue weighted by atomic mass is 32.1. The Morgan fingerprint density at radius 1 is 1.44 bits per heavy atom. The van der Waals surface area contributed by atoms with Gasteiger partial charge < -0.3 is 10.6 Å². The number of hydrogen-bond donors (Lipinski definition) is 2.